The quantitative estimate of drug-likeness (QED) is 0.551. The van der Waals surface area contributed by atoms with Crippen LogP contribution in [0.2, 0.25) is 0 Å². The molecule has 0 amide bonds. The minimum absolute atomic E-state index is 0.0503. The number of hydrazone groups is 1. The number of hydrogen-bond donors (Lipinski definition) is 3. The second kappa shape index (κ2) is 6.08. The molecule has 0 saturated heterocycles. The molecule has 19 heavy (non-hydrogen) atoms. The minimum atomic E-state index is -0.0701. The van der Waals surface area contributed by atoms with Gasteiger partial charge in [-0.05, 0) is 50.1 Å². The molecule has 0 aliphatic heterocycles. The molecule has 0 aliphatic carbocycles. The van der Waals surface area contributed by atoms with Crippen LogP contribution in [0.25, 0.3) is 0 Å². The van der Waals surface area contributed by atoms with E-state index in [1.807, 2.05) is 30.3 Å². The number of aromatic hydroxyl groups is 2. The van der Waals surface area contributed by atoms with E-state index in [2.05, 4.69) is 42.4 Å². The Balaban J connectivity index is 2.20. The molecular formula is C13H10Br2N2O2. The van der Waals surface area contributed by atoms with Gasteiger partial charge >= 0.3 is 0 Å². The first-order valence-electron chi connectivity index (χ1n) is 5.33. The van der Waals surface area contributed by atoms with E-state index in [1.54, 1.807) is 6.07 Å². The zero-order valence-electron chi connectivity index (χ0n) is 9.64. The average Bonchev–Trinajstić information content (AvgIpc) is 2.43. The number of hydrogen-bond acceptors (Lipinski definition) is 4. The number of phenolic OH excluding ortho intramolecular Hbond substituents is 2. The highest BCUT2D eigenvalue weighted by Crippen LogP contribution is 2.40. The van der Waals surface area contributed by atoms with E-state index in [9.17, 15) is 10.2 Å². The SMILES string of the molecule is Oc1c(Br)cc(/C=N/Nc2ccccc2)c(O)c1Br. The molecule has 2 aromatic carbocycles. The van der Waals surface area contributed by atoms with Gasteiger partial charge in [0, 0.05) is 5.56 Å². The Bertz CT molecular complexity index is 616. The largest absolute Gasteiger partial charge is 0.506 e. The number of rotatable bonds is 3. The molecule has 6 heteroatoms. The second-order valence-electron chi connectivity index (χ2n) is 3.69. The molecule has 0 aromatic heterocycles. The smallest absolute Gasteiger partial charge is 0.147 e. The fourth-order valence-corrected chi connectivity index (χ4v) is 2.56. The van der Waals surface area contributed by atoms with Gasteiger partial charge in [0.15, 0.2) is 0 Å². The van der Waals surface area contributed by atoms with Crippen LogP contribution in [0.3, 0.4) is 0 Å². The second-order valence-corrected chi connectivity index (χ2v) is 5.34. The topological polar surface area (TPSA) is 64.9 Å². The van der Waals surface area contributed by atoms with Crippen LogP contribution >= 0.6 is 31.9 Å². The first-order chi connectivity index (χ1) is 9.09. The van der Waals surface area contributed by atoms with Crippen molar-refractivity contribution in [3.8, 4) is 11.5 Å². The molecule has 0 bridgehead atoms. The van der Waals surface area contributed by atoms with Crippen LogP contribution in [0.15, 0.2) is 50.4 Å². The lowest BCUT2D eigenvalue weighted by atomic mass is 10.2. The summed E-state index contributed by atoms with van der Waals surface area (Å²) in [6.45, 7) is 0. The third-order valence-electron chi connectivity index (χ3n) is 2.37. The van der Waals surface area contributed by atoms with Crippen molar-refractivity contribution in [1.29, 1.82) is 0 Å². The Morgan fingerprint density at radius 3 is 2.42 bits per heavy atom. The molecule has 0 aliphatic rings. The molecule has 0 unspecified atom stereocenters. The van der Waals surface area contributed by atoms with Crippen LogP contribution in [0, 0.1) is 0 Å². The molecule has 98 valence electrons. The van der Waals surface area contributed by atoms with E-state index in [0.717, 1.165) is 5.69 Å². The summed E-state index contributed by atoms with van der Waals surface area (Å²) < 4.78 is 0.696. The van der Waals surface area contributed by atoms with Crippen LogP contribution in [0.1, 0.15) is 5.56 Å². The summed E-state index contributed by atoms with van der Waals surface area (Å²) in [4.78, 5) is 0. The molecule has 3 N–H and O–H groups in total. The highest BCUT2D eigenvalue weighted by Gasteiger charge is 2.12. The normalized spacial score (nSPS) is 10.8. The molecular weight excluding hydrogens is 376 g/mol. The number of nitrogens with one attached hydrogen (secondary N) is 1. The molecule has 2 aromatic rings. The Morgan fingerprint density at radius 2 is 1.74 bits per heavy atom. The summed E-state index contributed by atoms with van der Waals surface area (Å²) in [5.41, 5.74) is 4.15. The third-order valence-corrected chi connectivity index (χ3v) is 3.72. The summed E-state index contributed by atoms with van der Waals surface area (Å²) in [7, 11) is 0. The van der Waals surface area contributed by atoms with E-state index in [4.69, 9.17) is 0 Å². The molecule has 2 rings (SSSR count). The van der Waals surface area contributed by atoms with E-state index < -0.39 is 0 Å². The number of anilines is 1. The van der Waals surface area contributed by atoms with Crippen molar-refractivity contribution >= 4 is 43.8 Å². The van der Waals surface area contributed by atoms with Gasteiger partial charge in [-0.15, -0.1) is 0 Å². The standard InChI is InChI=1S/C13H10Br2N2O2/c14-10-6-8(12(18)11(15)13(10)19)7-16-17-9-4-2-1-3-5-9/h1-7,17-19H/b16-7+. The van der Waals surface area contributed by atoms with E-state index in [1.165, 1.54) is 6.21 Å². The molecule has 4 nitrogen and oxygen atoms in total. The number of halogens is 2. The zero-order valence-corrected chi connectivity index (χ0v) is 12.8. The maximum atomic E-state index is 9.85. The highest BCUT2D eigenvalue weighted by atomic mass is 79.9. The lowest BCUT2D eigenvalue weighted by Crippen LogP contribution is -1.91. The summed E-state index contributed by atoms with van der Waals surface area (Å²) in [5, 5.41) is 23.5. The Morgan fingerprint density at radius 1 is 1.05 bits per heavy atom. The molecule has 0 fully saturated rings. The lowest BCUT2D eigenvalue weighted by molar-refractivity contribution is 0.442. The van der Waals surface area contributed by atoms with E-state index in [0.29, 0.717) is 10.0 Å². The van der Waals surface area contributed by atoms with Crippen LogP contribution in [0.5, 0.6) is 11.5 Å². The van der Waals surface area contributed by atoms with Crippen LogP contribution in [-0.4, -0.2) is 16.4 Å². The number of phenols is 2. The van der Waals surface area contributed by atoms with Crippen LogP contribution < -0.4 is 5.43 Å². The molecule has 0 saturated carbocycles. The first-order valence-corrected chi connectivity index (χ1v) is 6.92. The highest BCUT2D eigenvalue weighted by molar-refractivity contribution is 9.11. The van der Waals surface area contributed by atoms with E-state index >= 15 is 0 Å². The van der Waals surface area contributed by atoms with Gasteiger partial charge in [-0.1, -0.05) is 18.2 Å². The maximum absolute atomic E-state index is 9.85. The zero-order chi connectivity index (χ0) is 13.8. The van der Waals surface area contributed by atoms with Crippen molar-refractivity contribution in [3.05, 3.63) is 50.9 Å². The fraction of sp³-hybridized carbons (Fsp3) is 0. The van der Waals surface area contributed by atoms with Gasteiger partial charge in [0.1, 0.15) is 16.0 Å². The number of benzene rings is 2. The molecule has 0 spiro atoms. The van der Waals surface area contributed by atoms with Crippen LogP contribution in [0.4, 0.5) is 5.69 Å². The van der Waals surface area contributed by atoms with Gasteiger partial charge in [0.25, 0.3) is 0 Å². The lowest BCUT2D eigenvalue weighted by Gasteiger charge is -2.06. The molecule has 0 radical (unpaired) electrons. The third kappa shape index (κ3) is 3.27. The average molecular weight is 386 g/mol. The van der Waals surface area contributed by atoms with Gasteiger partial charge in [0.2, 0.25) is 0 Å². The minimum Gasteiger partial charge on any atom is -0.506 e. The van der Waals surface area contributed by atoms with Gasteiger partial charge in [-0.25, -0.2) is 0 Å². The summed E-state index contributed by atoms with van der Waals surface area (Å²) >= 11 is 6.30. The fourth-order valence-electron chi connectivity index (χ4n) is 1.40. The van der Waals surface area contributed by atoms with Gasteiger partial charge in [0.05, 0.1) is 16.4 Å². The van der Waals surface area contributed by atoms with Gasteiger partial charge in [-0.2, -0.15) is 5.10 Å². The van der Waals surface area contributed by atoms with Gasteiger partial charge < -0.3 is 10.2 Å². The van der Waals surface area contributed by atoms with Crippen molar-refractivity contribution < 1.29 is 10.2 Å². The van der Waals surface area contributed by atoms with Crippen molar-refractivity contribution in [2.45, 2.75) is 0 Å². The monoisotopic (exact) mass is 384 g/mol. The van der Waals surface area contributed by atoms with E-state index in [-0.39, 0.29) is 16.0 Å². The predicted octanol–water partition coefficient (Wildman–Crippen LogP) is 4.07. The molecule has 0 heterocycles. The number of para-hydroxylation sites is 1. The molecule has 0 atom stereocenters. The predicted molar refractivity (Wildman–Crippen MR) is 82.8 cm³/mol. The van der Waals surface area contributed by atoms with Crippen molar-refractivity contribution in [2.75, 3.05) is 5.43 Å². The number of nitrogens with zero attached hydrogens (tertiary/aromatic N) is 1. The summed E-state index contributed by atoms with van der Waals surface area (Å²) in [6.07, 6.45) is 1.47. The van der Waals surface area contributed by atoms with Crippen LogP contribution in [-0.2, 0) is 0 Å². The van der Waals surface area contributed by atoms with Crippen molar-refractivity contribution in [2.24, 2.45) is 5.10 Å². The summed E-state index contributed by atoms with van der Waals surface area (Å²) in [6, 6.07) is 11.0. The van der Waals surface area contributed by atoms with Crippen molar-refractivity contribution in [1.82, 2.24) is 0 Å². The van der Waals surface area contributed by atoms with Gasteiger partial charge in [-0.3, -0.25) is 5.43 Å². The summed E-state index contributed by atoms with van der Waals surface area (Å²) in [5.74, 6) is -0.120. The Kier molecular flexibility index (Phi) is 4.44. The first kappa shape index (κ1) is 13.9. The maximum Gasteiger partial charge on any atom is 0.147 e. The van der Waals surface area contributed by atoms with Crippen molar-refractivity contribution in [3.63, 3.8) is 0 Å². The Labute approximate surface area is 127 Å². The Hall–Kier alpha value is -1.53.